The highest BCUT2D eigenvalue weighted by Gasteiger charge is 2.25. The van der Waals surface area contributed by atoms with E-state index in [1.807, 2.05) is 26.8 Å². The van der Waals surface area contributed by atoms with Gasteiger partial charge in [-0.2, -0.15) is 0 Å². The fourth-order valence-corrected chi connectivity index (χ4v) is 5.11. The Kier molecular flexibility index (Phi) is 5.49. The van der Waals surface area contributed by atoms with Gasteiger partial charge in [0, 0.05) is 17.8 Å². The molecule has 0 saturated heterocycles. The number of anilines is 2. The summed E-state index contributed by atoms with van der Waals surface area (Å²) in [5, 5.41) is 6.43. The summed E-state index contributed by atoms with van der Waals surface area (Å²) >= 11 is 0. The minimum absolute atomic E-state index is 0.0379. The van der Waals surface area contributed by atoms with Crippen LogP contribution < -0.4 is 10.6 Å². The minimum atomic E-state index is -3.86. The van der Waals surface area contributed by atoms with Crippen LogP contribution in [0.25, 0.3) is 0 Å². The SMILES string of the molecule is Cc1cc(C)c(Nc2nc(C)ncc2S(=O)(=O)c2cccc(C3=NCCN3)c2)c(C)c1. The van der Waals surface area contributed by atoms with E-state index in [0.717, 1.165) is 34.5 Å². The predicted octanol–water partition coefficient (Wildman–Crippen LogP) is 3.64. The van der Waals surface area contributed by atoms with Crippen molar-refractivity contribution in [3.8, 4) is 0 Å². The maximum Gasteiger partial charge on any atom is 0.211 e. The summed E-state index contributed by atoms with van der Waals surface area (Å²) in [4.78, 5) is 13.2. The average Bonchev–Trinajstić information content (AvgIpc) is 3.25. The largest absolute Gasteiger partial charge is 0.368 e. The summed E-state index contributed by atoms with van der Waals surface area (Å²) < 4.78 is 27.1. The minimum Gasteiger partial charge on any atom is -0.368 e. The molecule has 1 aliphatic rings. The van der Waals surface area contributed by atoms with E-state index in [1.165, 1.54) is 6.20 Å². The number of hydrogen-bond acceptors (Lipinski definition) is 7. The molecule has 0 spiro atoms. The van der Waals surface area contributed by atoms with E-state index in [0.29, 0.717) is 18.2 Å². The molecular weight excluding hydrogens is 410 g/mol. The fourth-order valence-electron chi connectivity index (χ4n) is 3.77. The summed E-state index contributed by atoms with van der Waals surface area (Å²) in [6.07, 6.45) is 1.37. The third-order valence-corrected chi connectivity index (χ3v) is 6.93. The van der Waals surface area contributed by atoms with Crippen LogP contribution in [0.4, 0.5) is 11.5 Å². The number of aryl methyl sites for hydroxylation is 4. The Balaban J connectivity index is 1.79. The molecule has 0 amide bonds. The molecule has 0 aliphatic carbocycles. The number of hydrogen-bond donors (Lipinski definition) is 2. The van der Waals surface area contributed by atoms with Gasteiger partial charge in [-0.3, -0.25) is 4.99 Å². The first-order chi connectivity index (χ1) is 14.8. The van der Waals surface area contributed by atoms with Gasteiger partial charge in [0.1, 0.15) is 16.6 Å². The Bertz CT molecular complexity index is 1280. The predicted molar refractivity (Wildman–Crippen MR) is 122 cm³/mol. The molecule has 8 heteroatoms. The molecule has 0 saturated carbocycles. The van der Waals surface area contributed by atoms with E-state index in [4.69, 9.17) is 0 Å². The molecule has 0 radical (unpaired) electrons. The van der Waals surface area contributed by atoms with Crippen molar-refractivity contribution in [2.24, 2.45) is 4.99 Å². The van der Waals surface area contributed by atoms with Gasteiger partial charge in [-0.15, -0.1) is 0 Å². The normalized spacial score (nSPS) is 13.6. The van der Waals surface area contributed by atoms with Gasteiger partial charge in [0.15, 0.2) is 5.82 Å². The summed E-state index contributed by atoms with van der Waals surface area (Å²) in [6.45, 7) is 9.18. The molecule has 2 heterocycles. The van der Waals surface area contributed by atoms with Crippen molar-refractivity contribution in [2.45, 2.75) is 37.5 Å². The molecule has 2 aromatic carbocycles. The van der Waals surface area contributed by atoms with Crippen LogP contribution in [0.1, 0.15) is 28.1 Å². The highest BCUT2D eigenvalue weighted by Crippen LogP contribution is 2.31. The van der Waals surface area contributed by atoms with Gasteiger partial charge in [0.05, 0.1) is 17.6 Å². The van der Waals surface area contributed by atoms with Crippen molar-refractivity contribution in [3.05, 3.63) is 70.7 Å². The average molecular weight is 436 g/mol. The number of benzene rings is 2. The number of rotatable bonds is 5. The Labute approximate surface area is 182 Å². The molecular formula is C23H25N5O2S. The van der Waals surface area contributed by atoms with Crippen LogP contribution in [-0.2, 0) is 9.84 Å². The van der Waals surface area contributed by atoms with Crippen LogP contribution in [0.5, 0.6) is 0 Å². The molecule has 1 aliphatic heterocycles. The van der Waals surface area contributed by atoms with Gasteiger partial charge in [-0.1, -0.05) is 29.8 Å². The molecule has 3 aromatic rings. The number of amidine groups is 1. The zero-order chi connectivity index (χ0) is 22.2. The second-order valence-corrected chi connectivity index (χ2v) is 9.64. The lowest BCUT2D eigenvalue weighted by Crippen LogP contribution is -2.19. The molecule has 4 rings (SSSR count). The van der Waals surface area contributed by atoms with Crippen molar-refractivity contribution in [1.82, 2.24) is 15.3 Å². The number of sulfone groups is 1. The van der Waals surface area contributed by atoms with Crippen LogP contribution in [-0.4, -0.2) is 37.3 Å². The van der Waals surface area contributed by atoms with Crippen LogP contribution in [0.15, 0.2) is 57.4 Å². The third kappa shape index (κ3) is 4.16. The van der Waals surface area contributed by atoms with Gasteiger partial charge in [-0.25, -0.2) is 18.4 Å². The van der Waals surface area contributed by atoms with Crippen LogP contribution in [0, 0.1) is 27.7 Å². The standard InChI is InChI=1S/C23H25N5O2S/c1-14-10-15(2)21(16(3)11-14)28-23-20(13-26-17(4)27-23)31(29,30)19-7-5-6-18(12-19)22-24-8-9-25-22/h5-7,10-13H,8-9H2,1-4H3,(H,24,25)(H,26,27,28). The van der Waals surface area contributed by atoms with Crippen molar-refractivity contribution in [2.75, 3.05) is 18.4 Å². The Morgan fingerprint density at radius 2 is 1.77 bits per heavy atom. The number of nitrogens with zero attached hydrogens (tertiary/aromatic N) is 3. The van der Waals surface area contributed by atoms with Gasteiger partial charge >= 0.3 is 0 Å². The van der Waals surface area contributed by atoms with Gasteiger partial charge < -0.3 is 10.6 Å². The van der Waals surface area contributed by atoms with Crippen molar-refractivity contribution < 1.29 is 8.42 Å². The van der Waals surface area contributed by atoms with Gasteiger partial charge in [-0.05, 0) is 51.0 Å². The molecule has 31 heavy (non-hydrogen) atoms. The number of aliphatic imine (C=N–C) groups is 1. The zero-order valence-electron chi connectivity index (χ0n) is 18.0. The van der Waals surface area contributed by atoms with Crippen molar-refractivity contribution in [1.29, 1.82) is 0 Å². The lowest BCUT2D eigenvalue weighted by molar-refractivity contribution is 0.595. The lowest BCUT2D eigenvalue weighted by atomic mass is 10.1. The van der Waals surface area contributed by atoms with Gasteiger partial charge in [0.2, 0.25) is 9.84 Å². The Morgan fingerprint density at radius 3 is 2.45 bits per heavy atom. The smallest absolute Gasteiger partial charge is 0.211 e. The molecule has 0 atom stereocenters. The molecule has 2 N–H and O–H groups in total. The summed E-state index contributed by atoms with van der Waals surface area (Å²) in [6, 6.07) is 10.9. The first-order valence-electron chi connectivity index (χ1n) is 10.1. The zero-order valence-corrected chi connectivity index (χ0v) is 18.8. The highest BCUT2D eigenvalue weighted by atomic mass is 32.2. The van der Waals surface area contributed by atoms with Crippen LogP contribution >= 0.6 is 0 Å². The number of aromatic nitrogens is 2. The topological polar surface area (TPSA) is 96.3 Å². The lowest BCUT2D eigenvalue weighted by Gasteiger charge is -2.16. The summed E-state index contributed by atoms with van der Waals surface area (Å²) in [5.41, 5.74) is 4.77. The maximum absolute atomic E-state index is 13.6. The van der Waals surface area contributed by atoms with E-state index in [1.54, 1.807) is 25.1 Å². The van der Waals surface area contributed by atoms with E-state index in [-0.39, 0.29) is 15.6 Å². The first kappa shape index (κ1) is 21.0. The van der Waals surface area contributed by atoms with E-state index < -0.39 is 9.84 Å². The third-order valence-electron chi connectivity index (χ3n) is 5.18. The van der Waals surface area contributed by atoms with Crippen LogP contribution in [0.3, 0.4) is 0 Å². The highest BCUT2D eigenvalue weighted by molar-refractivity contribution is 7.91. The molecule has 0 unspecified atom stereocenters. The summed E-state index contributed by atoms with van der Waals surface area (Å²) in [7, 11) is -3.86. The Hall–Kier alpha value is -3.26. The first-order valence-corrected chi connectivity index (χ1v) is 11.6. The fraction of sp³-hybridized carbons (Fsp3) is 0.261. The van der Waals surface area contributed by atoms with Crippen molar-refractivity contribution in [3.63, 3.8) is 0 Å². The molecule has 7 nitrogen and oxygen atoms in total. The second kappa shape index (κ2) is 8.11. The maximum atomic E-state index is 13.6. The van der Waals surface area contributed by atoms with Crippen LogP contribution in [0.2, 0.25) is 0 Å². The number of nitrogens with one attached hydrogen (secondary N) is 2. The van der Waals surface area contributed by atoms with Crippen molar-refractivity contribution >= 4 is 27.2 Å². The van der Waals surface area contributed by atoms with E-state index in [9.17, 15) is 8.42 Å². The molecule has 160 valence electrons. The summed E-state index contributed by atoms with van der Waals surface area (Å²) in [5.74, 6) is 1.47. The molecule has 0 bridgehead atoms. The Morgan fingerprint density at radius 1 is 1.03 bits per heavy atom. The molecule has 0 fully saturated rings. The van der Waals surface area contributed by atoms with E-state index >= 15 is 0 Å². The quantitative estimate of drug-likeness (QED) is 0.635. The monoisotopic (exact) mass is 435 g/mol. The van der Waals surface area contributed by atoms with Gasteiger partial charge in [0.25, 0.3) is 0 Å². The van der Waals surface area contributed by atoms with E-state index in [2.05, 4.69) is 37.7 Å². The second-order valence-electron chi connectivity index (χ2n) is 7.72. The molecule has 1 aromatic heterocycles.